The minimum Gasteiger partial charge on any atom is -0.331 e. The molecule has 0 atom stereocenters. The molecule has 6 nitrogen and oxygen atoms in total. The lowest BCUT2D eigenvalue weighted by molar-refractivity contribution is 0.102. The normalized spacial score (nSPS) is 11.1. The van der Waals surface area contributed by atoms with Crippen molar-refractivity contribution in [2.45, 2.75) is 13.8 Å². The molecule has 0 aliphatic carbocycles. The molecule has 0 radical (unpaired) electrons. The fourth-order valence-corrected chi connectivity index (χ4v) is 4.02. The molecule has 150 valence electrons. The number of aryl methyl sites for hydroxylation is 1. The summed E-state index contributed by atoms with van der Waals surface area (Å²) in [5.41, 5.74) is 9.00. The Morgan fingerprint density at radius 3 is 2.26 bits per heavy atom. The molecule has 0 fully saturated rings. The van der Waals surface area contributed by atoms with Crippen LogP contribution in [0.1, 0.15) is 21.7 Å². The smallest absolute Gasteiger partial charge is 0.256 e. The monoisotopic (exact) mass is 405 g/mol. The van der Waals surface area contributed by atoms with Crippen LogP contribution in [0.5, 0.6) is 0 Å². The van der Waals surface area contributed by atoms with Gasteiger partial charge in [-0.25, -0.2) is 15.0 Å². The summed E-state index contributed by atoms with van der Waals surface area (Å²) in [7, 11) is 10.1. The van der Waals surface area contributed by atoms with Crippen molar-refractivity contribution < 1.29 is 4.79 Å². The van der Waals surface area contributed by atoms with Gasteiger partial charge in [0.2, 0.25) is 5.95 Å². The lowest BCUT2D eigenvalue weighted by Crippen LogP contribution is -2.49. The molecular weight excluding hydrogens is 382 g/mol. The van der Waals surface area contributed by atoms with E-state index in [2.05, 4.69) is 42.9 Å². The predicted octanol–water partition coefficient (Wildman–Crippen LogP) is -3.07. The molecule has 0 unspecified atom stereocenters. The summed E-state index contributed by atoms with van der Waals surface area (Å²) in [5, 5.41) is 3.81. The fraction of sp³-hybridized carbons (Fsp3) is 0.143. The van der Waals surface area contributed by atoms with Crippen LogP contribution in [-0.4, -0.2) is 56.8 Å². The number of fused-ring (bicyclic) bond motifs is 1. The third-order valence-corrected chi connectivity index (χ3v) is 6.55. The van der Waals surface area contributed by atoms with Gasteiger partial charge in [0.15, 0.2) is 0 Å². The summed E-state index contributed by atoms with van der Waals surface area (Å²) in [6, 6.07) is 6.02. The highest BCUT2D eigenvalue weighted by molar-refractivity contribution is 6.60. The number of hydrogen-bond donors (Lipinski definition) is 1. The van der Waals surface area contributed by atoms with E-state index >= 15 is 0 Å². The Morgan fingerprint density at radius 1 is 0.968 bits per heavy atom. The molecule has 0 saturated carbocycles. The number of aromatic nitrogens is 4. The third kappa shape index (κ3) is 3.56. The van der Waals surface area contributed by atoms with E-state index in [0.717, 1.165) is 49.8 Å². The number of hydrogen-bond acceptors (Lipinski definition) is 4. The fourth-order valence-electron chi connectivity index (χ4n) is 4.02. The quantitative estimate of drug-likeness (QED) is 0.368. The Balaban J connectivity index is 1.71. The number of nitrogens with one attached hydrogen (secondary N) is 1. The number of carbonyl (C=O) groups is 1. The topological polar surface area (TPSA) is 72.7 Å². The van der Waals surface area contributed by atoms with Crippen LogP contribution in [0.3, 0.4) is 0 Å². The second-order valence-corrected chi connectivity index (χ2v) is 8.17. The highest BCUT2D eigenvalue weighted by Crippen LogP contribution is 2.24. The lowest BCUT2D eigenvalue weighted by Gasteiger charge is -2.19. The van der Waals surface area contributed by atoms with Crippen LogP contribution in [0, 0.1) is 13.8 Å². The maximum atomic E-state index is 13.1. The van der Waals surface area contributed by atoms with Crippen LogP contribution >= 0.6 is 0 Å². The van der Waals surface area contributed by atoms with Gasteiger partial charge in [-0.2, -0.15) is 0 Å². The molecule has 2 heterocycles. The summed E-state index contributed by atoms with van der Waals surface area (Å²) < 4.78 is 2.04. The SMILES string of the molecule is Bc1c(B)c(C(=O)Nc2ncc3ccc(-c4cnc(C)n4C)cc3n2)c(B)c(B)c1C. The van der Waals surface area contributed by atoms with E-state index in [1.807, 2.05) is 58.6 Å². The zero-order valence-corrected chi connectivity index (χ0v) is 19.1. The zero-order chi connectivity index (χ0) is 22.4. The maximum absolute atomic E-state index is 13.1. The van der Waals surface area contributed by atoms with Crippen molar-refractivity contribution >= 4 is 76.0 Å². The van der Waals surface area contributed by atoms with Gasteiger partial charge < -0.3 is 4.57 Å². The van der Waals surface area contributed by atoms with Crippen LogP contribution in [-0.2, 0) is 7.05 Å². The Morgan fingerprint density at radius 2 is 1.65 bits per heavy atom. The lowest BCUT2D eigenvalue weighted by atomic mass is 9.64. The second kappa shape index (κ2) is 7.76. The van der Waals surface area contributed by atoms with Gasteiger partial charge in [-0.05, 0) is 19.9 Å². The van der Waals surface area contributed by atoms with Crippen molar-refractivity contribution in [1.82, 2.24) is 19.5 Å². The molecule has 2 aromatic heterocycles. The minimum atomic E-state index is -0.182. The first-order chi connectivity index (χ1) is 14.7. The van der Waals surface area contributed by atoms with Crippen LogP contribution in [0.25, 0.3) is 22.2 Å². The highest BCUT2D eigenvalue weighted by Gasteiger charge is 2.18. The van der Waals surface area contributed by atoms with Gasteiger partial charge >= 0.3 is 0 Å². The molecule has 0 spiro atoms. The van der Waals surface area contributed by atoms with Crippen molar-refractivity contribution in [3.63, 3.8) is 0 Å². The van der Waals surface area contributed by atoms with E-state index in [9.17, 15) is 4.79 Å². The molecule has 4 aromatic rings. The summed E-state index contributed by atoms with van der Waals surface area (Å²) in [6.07, 6.45) is 3.59. The summed E-state index contributed by atoms with van der Waals surface area (Å²) in [6.45, 7) is 4.07. The van der Waals surface area contributed by atoms with E-state index in [1.165, 1.54) is 5.56 Å². The van der Waals surface area contributed by atoms with Crippen molar-refractivity contribution in [3.8, 4) is 11.3 Å². The molecule has 0 aliphatic rings. The number of imidazole rings is 1. The maximum Gasteiger partial charge on any atom is 0.256 e. The number of benzene rings is 2. The van der Waals surface area contributed by atoms with Crippen LogP contribution in [0.2, 0.25) is 0 Å². The molecule has 0 bridgehead atoms. The van der Waals surface area contributed by atoms with Crippen molar-refractivity contribution in [2.24, 2.45) is 7.05 Å². The first kappa shape index (κ1) is 21.0. The van der Waals surface area contributed by atoms with Crippen LogP contribution in [0.4, 0.5) is 5.95 Å². The molecular formula is C21H23B4N5O. The summed E-state index contributed by atoms with van der Waals surface area (Å²) in [4.78, 5) is 26.5. The Kier molecular flexibility index (Phi) is 5.25. The standard InChI is InChI=1S/C21H23B4N5O/c1-9-16(22)18(24)15(19(25)17(9)23)20(31)29-21-27-7-12-5-4-11(6-13(12)28-21)14-8-26-10(2)30(14)3/h4-8H,22-25H2,1-3H3,(H,27,28,29,31). The average molecular weight is 405 g/mol. The molecule has 31 heavy (non-hydrogen) atoms. The van der Waals surface area contributed by atoms with E-state index in [-0.39, 0.29) is 5.91 Å². The van der Waals surface area contributed by atoms with E-state index in [1.54, 1.807) is 6.20 Å². The van der Waals surface area contributed by atoms with Crippen molar-refractivity contribution in [1.29, 1.82) is 0 Å². The first-order valence-electron chi connectivity index (χ1n) is 10.3. The van der Waals surface area contributed by atoms with Gasteiger partial charge in [0.05, 0.1) is 17.4 Å². The number of amides is 1. The predicted molar refractivity (Wildman–Crippen MR) is 138 cm³/mol. The van der Waals surface area contributed by atoms with Gasteiger partial charge in [0.1, 0.15) is 37.2 Å². The van der Waals surface area contributed by atoms with E-state index in [0.29, 0.717) is 11.5 Å². The van der Waals surface area contributed by atoms with E-state index in [4.69, 9.17) is 0 Å². The number of anilines is 1. The number of rotatable bonds is 3. The third-order valence-electron chi connectivity index (χ3n) is 6.55. The van der Waals surface area contributed by atoms with Crippen LogP contribution < -0.4 is 27.2 Å². The van der Waals surface area contributed by atoms with Gasteiger partial charge in [-0.15, -0.1) is 0 Å². The van der Waals surface area contributed by atoms with E-state index < -0.39 is 0 Å². The van der Waals surface area contributed by atoms with Crippen molar-refractivity contribution in [3.05, 3.63) is 47.5 Å². The Bertz CT molecular complexity index is 1340. The molecule has 10 heteroatoms. The average Bonchev–Trinajstić information content (AvgIpc) is 3.09. The molecule has 4 rings (SSSR count). The summed E-state index contributed by atoms with van der Waals surface area (Å²) >= 11 is 0. The first-order valence-corrected chi connectivity index (χ1v) is 10.3. The number of nitrogens with zero attached hydrogens (tertiary/aromatic N) is 4. The second-order valence-electron chi connectivity index (χ2n) is 8.17. The Labute approximate surface area is 185 Å². The highest BCUT2D eigenvalue weighted by atomic mass is 16.1. The minimum absolute atomic E-state index is 0.182. The molecule has 2 aromatic carbocycles. The number of carbonyl (C=O) groups excluding carboxylic acids is 1. The zero-order valence-electron chi connectivity index (χ0n) is 19.1. The summed E-state index contributed by atoms with van der Waals surface area (Å²) in [5.74, 6) is 1.06. The molecule has 1 amide bonds. The molecule has 0 aliphatic heterocycles. The van der Waals surface area contributed by atoms with Gasteiger partial charge in [0, 0.05) is 29.8 Å². The van der Waals surface area contributed by atoms with Gasteiger partial charge in [-0.3, -0.25) is 10.1 Å². The van der Waals surface area contributed by atoms with Gasteiger partial charge in [-0.1, -0.05) is 39.5 Å². The largest absolute Gasteiger partial charge is 0.331 e. The van der Waals surface area contributed by atoms with Crippen LogP contribution in [0.15, 0.2) is 30.6 Å². The van der Waals surface area contributed by atoms with Gasteiger partial charge in [0.25, 0.3) is 5.91 Å². The molecule has 0 saturated heterocycles. The van der Waals surface area contributed by atoms with Crippen molar-refractivity contribution in [2.75, 3.05) is 5.32 Å². The Hall–Kier alpha value is -3.28. The molecule has 1 N–H and O–H groups in total.